The lowest BCUT2D eigenvalue weighted by molar-refractivity contribution is 0.0963. The molecule has 10 heteroatoms. The molecule has 0 bridgehead atoms. The van der Waals surface area contributed by atoms with E-state index in [-0.39, 0.29) is 36.1 Å². The van der Waals surface area contributed by atoms with Crippen molar-refractivity contribution in [2.24, 2.45) is 10.7 Å². The van der Waals surface area contributed by atoms with E-state index in [0.717, 1.165) is 12.8 Å². The molecular weight excluding hydrogens is 427 g/mol. The molecule has 0 atom stereocenters. The second-order valence-electron chi connectivity index (χ2n) is 5.36. The van der Waals surface area contributed by atoms with Gasteiger partial charge in [0.2, 0.25) is 5.89 Å². The number of aliphatic imine (C=N–C) groups is 1. The molecule has 0 radical (unpaired) electrons. The zero-order valence-corrected chi connectivity index (χ0v) is 16.4. The van der Waals surface area contributed by atoms with Crippen molar-refractivity contribution in [2.75, 3.05) is 26.2 Å². The number of aromatic nitrogens is 2. The lowest BCUT2D eigenvalue weighted by Gasteiger charge is -2.31. The Hall–Kier alpha value is -1.59. The molecule has 2 rings (SSSR count). The van der Waals surface area contributed by atoms with Gasteiger partial charge in [-0.05, 0) is 26.7 Å². The molecule has 1 saturated heterocycles. The zero-order valence-electron chi connectivity index (χ0n) is 14.0. The molecule has 0 unspecified atom stereocenters. The van der Waals surface area contributed by atoms with E-state index in [9.17, 15) is 4.79 Å². The molecule has 0 aliphatic carbocycles. The van der Waals surface area contributed by atoms with Crippen LogP contribution in [0.3, 0.4) is 0 Å². The SMILES string of the molecule is CCOC(=O)N1CCC(NC(N)=NCCc2nc(C)no2)CC1.I. The Morgan fingerprint density at radius 2 is 2.21 bits per heavy atom. The number of likely N-dealkylation sites (tertiary alicyclic amines) is 1. The minimum absolute atomic E-state index is 0. The summed E-state index contributed by atoms with van der Waals surface area (Å²) in [4.78, 5) is 21.7. The van der Waals surface area contributed by atoms with Gasteiger partial charge in [0.05, 0.1) is 13.2 Å². The smallest absolute Gasteiger partial charge is 0.409 e. The fourth-order valence-electron chi connectivity index (χ4n) is 2.39. The molecule has 136 valence electrons. The number of piperidine rings is 1. The van der Waals surface area contributed by atoms with Gasteiger partial charge in [-0.2, -0.15) is 4.98 Å². The Bertz CT molecular complexity index is 542. The Balaban J connectivity index is 0.00000288. The van der Waals surface area contributed by atoms with Crippen LogP contribution in [0.5, 0.6) is 0 Å². The largest absolute Gasteiger partial charge is 0.450 e. The fourth-order valence-corrected chi connectivity index (χ4v) is 2.39. The molecule has 1 aliphatic heterocycles. The maximum Gasteiger partial charge on any atom is 0.409 e. The van der Waals surface area contributed by atoms with Crippen LogP contribution in [0.4, 0.5) is 4.79 Å². The predicted molar refractivity (Wildman–Crippen MR) is 99.4 cm³/mol. The van der Waals surface area contributed by atoms with Crippen LogP contribution in [0.25, 0.3) is 0 Å². The summed E-state index contributed by atoms with van der Waals surface area (Å²) < 4.78 is 10.0. The number of aryl methyl sites for hydroxylation is 1. The number of nitrogens with two attached hydrogens (primary N) is 1. The van der Waals surface area contributed by atoms with Crippen LogP contribution in [0.2, 0.25) is 0 Å². The maximum absolute atomic E-state index is 11.6. The maximum atomic E-state index is 11.6. The number of hydrogen-bond donors (Lipinski definition) is 2. The lowest BCUT2D eigenvalue weighted by atomic mass is 10.1. The second-order valence-corrected chi connectivity index (χ2v) is 5.36. The first-order chi connectivity index (χ1) is 11.1. The lowest BCUT2D eigenvalue weighted by Crippen LogP contribution is -2.48. The first-order valence-electron chi connectivity index (χ1n) is 7.85. The summed E-state index contributed by atoms with van der Waals surface area (Å²) in [5.41, 5.74) is 5.88. The van der Waals surface area contributed by atoms with Gasteiger partial charge < -0.3 is 25.2 Å². The molecule has 1 aliphatic rings. The number of carbonyl (C=O) groups excluding carboxylic acids is 1. The van der Waals surface area contributed by atoms with Gasteiger partial charge >= 0.3 is 6.09 Å². The van der Waals surface area contributed by atoms with Crippen molar-refractivity contribution in [1.29, 1.82) is 0 Å². The monoisotopic (exact) mass is 452 g/mol. The molecular formula is C14H25IN6O3. The Kier molecular flexibility index (Phi) is 8.79. The van der Waals surface area contributed by atoms with Crippen LogP contribution >= 0.6 is 24.0 Å². The van der Waals surface area contributed by atoms with Crippen molar-refractivity contribution in [3.05, 3.63) is 11.7 Å². The van der Waals surface area contributed by atoms with Crippen LogP contribution in [-0.2, 0) is 11.2 Å². The van der Waals surface area contributed by atoms with Gasteiger partial charge in [-0.15, -0.1) is 24.0 Å². The summed E-state index contributed by atoms with van der Waals surface area (Å²) in [7, 11) is 0. The molecule has 1 fully saturated rings. The number of rotatable bonds is 5. The van der Waals surface area contributed by atoms with Gasteiger partial charge in [-0.25, -0.2) is 4.79 Å². The summed E-state index contributed by atoms with van der Waals surface area (Å²) in [5, 5.41) is 6.90. The van der Waals surface area contributed by atoms with Gasteiger partial charge in [0.15, 0.2) is 11.8 Å². The van der Waals surface area contributed by atoms with E-state index >= 15 is 0 Å². The van der Waals surface area contributed by atoms with Gasteiger partial charge in [-0.3, -0.25) is 4.99 Å². The van der Waals surface area contributed by atoms with Crippen molar-refractivity contribution in [3.8, 4) is 0 Å². The van der Waals surface area contributed by atoms with Crippen LogP contribution in [0, 0.1) is 6.92 Å². The molecule has 0 aromatic carbocycles. The highest BCUT2D eigenvalue weighted by Crippen LogP contribution is 2.11. The van der Waals surface area contributed by atoms with Crippen molar-refractivity contribution >= 4 is 36.0 Å². The third kappa shape index (κ3) is 6.49. The molecule has 9 nitrogen and oxygen atoms in total. The van der Waals surface area contributed by atoms with Gasteiger partial charge in [0.1, 0.15) is 0 Å². The molecule has 1 aromatic heterocycles. The van der Waals surface area contributed by atoms with Crippen molar-refractivity contribution in [2.45, 2.75) is 39.2 Å². The quantitative estimate of drug-likeness (QED) is 0.390. The van der Waals surface area contributed by atoms with Crippen LogP contribution in [0.15, 0.2) is 9.52 Å². The summed E-state index contributed by atoms with van der Waals surface area (Å²) in [6.45, 7) is 5.78. The van der Waals surface area contributed by atoms with E-state index in [4.69, 9.17) is 15.0 Å². The molecule has 0 saturated carbocycles. The number of hydrogen-bond acceptors (Lipinski definition) is 6. The van der Waals surface area contributed by atoms with Crippen molar-refractivity contribution < 1.29 is 14.1 Å². The van der Waals surface area contributed by atoms with Crippen LogP contribution in [0.1, 0.15) is 31.5 Å². The van der Waals surface area contributed by atoms with E-state index in [1.807, 2.05) is 0 Å². The Labute approximate surface area is 158 Å². The number of nitrogens with zero attached hydrogens (tertiary/aromatic N) is 4. The highest BCUT2D eigenvalue weighted by atomic mass is 127. The first-order valence-corrected chi connectivity index (χ1v) is 7.85. The molecule has 1 aromatic rings. The molecule has 1 amide bonds. The van der Waals surface area contributed by atoms with Crippen molar-refractivity contribution in [1.82, 2.24) is 20.4 Å². The number of nitrogens with one attached hydrogen (secondary N) is 1. The highest BCUT2D eigenvalue weighted by molar-refractivity contribution is 14.0. The number of carbonyl (C=O) groups is 1. The van der Waals surface area contributed by atoms with E-state index in [2.05, 4.69) is 20.4 Å². The van der Waals surface area contributed by atoms with Gasteiger partial charge in [-0.1, -0.05) is 5.16 Å². The predicted octanol–water partition coefficient (Wildman–Crippen LogP) is 1.06. The molecule has 2 heterocycles. The third-order valence-electron chi connectivity index (χ3n) is 3.55. The standard InChI is InChI=1S/C14H24N6O3.HI/c1-3-22-14(21)20-8-5-11(6-9-20)18-13(15)16-7-4-12-17-10(2)19-23-12;/h11H,3-9H2,1-2H3,(H3,15,16,18);1H. The first kappa shape index (κ1) is 20.5. The average Bonchev–Trinajstić information content (AvgIpc) is 2.93. The molecule has 3 N–H and O–H groups in total. The zero-order chi connectivity index (χ0) is 16.7. The molecule has 0 spiro atoms. The minimum Gasteiger partial charge on any atom is -0.450 e. The minimum atomic E-state index is -0.248. The van der Waals surface area contributed by atoms with Crippen LogP contribution in [-0.4, -0.2) is 59.4 Å². The summed E-state index contributed by atoms with van der Waals surface area (Å²) in [6.07, 6.45) is 1.95. The Morgan fingerprint density at radius 1 is 1.50 bits per heavy atom. The van der Waals surface area contributed by atoms with Gasteiger partial charge in [0, 0.05) is 25.6 Å². The summed E-state index contributed by atoms with van der Waals surface area (Å²) in [6, 6.07) is 0.218. The van der Waals surface area contributed by atoms with Crippen molar-refractivity contribution in [3.63, 3.8) is 0 Å². The molecule has 24 heavy (non-hydrogen) atoms. The van der Waals surface area contributed by atoms with E-state index < -0.39 is 0 Å². The van der Waals surface area contributed by atoms with E-state index in [1.165, 1.54) is 0 Å². The Morgan fingerprint density at radius 3 is 2.79 bits per heavy atom. The summed E-state index contributed by atoms with van der Waals surface area (Å²) in [5.74, 6) is 1.57. The topological polar surface area (TPSA) is 119 Å². The van der Waals surface area contributed by atoms with E-state index in [1.54, 1.807) is 18.7 Å². The number of amides is 1. The summed E-state index contributed by atoms with van der Waals surface area (Å²) >= 11 is 0. The second kappa shape index (κ2) is 10.3. The fraction of sp³-hybridized carbons (Fsp3) is 0.714. The third-order valence-corrected chi connectivity index (χ3v) is 3.55. The number of guanidine groups is 1. The number of halogens is 1. The normalized spacial score (nSPS) is 15.8. The number of ether oxygens (including phenoxy) is 1. The van der Waals surface area contributed by atoms with Gasteiger partial charge in [0.25, 0.3) is 0 Å². The highest BCUT2D eigenvalue weighted by Gasteiger charge is 2.23. The average molecular weight is 452 g/mol. The van der Waals surface area contributed by atoms with Crippen LogP contribution < -0.4 is 11.1 Å². The van der Waals surface area contributed by atoms with E-state index in [0.29, 0.717) is 50.3 Å².